The van der Waals surface area contributed by atoms with Gasteiger partial charge in [0.05, 0.1) is 23.7 Å². The lowest BCUT2D eigenvalue weighted by Gasteiger charge is -1.99. The van der Waals surface area contributed by atoms with Crippen LogP contribution in [0.1, 0.15) is 5.56 Å². The van der Waals surface area contributed by atoms with Crippen LogP contribution >= 0.6 is 12.2 Å². The van der Waals surface area contributed by atoms with Crippen LogP contribution in [0.2, 0.25) is 0 Å². The number of hydrogen-bond donors (Lipinski definition) is 2. The van der Waals surface area contributed by atoms with E-state index in [0.29, 0.717) is 16.1 Å². The summed E-state index contributed by atoms with van der Waals surface area (Å²) in [5.41, 5.74) is 2.02. The Bertz CT molecular complexity index is 576. The van der Waals surface area contributed by atoms with Crippen molar-refractivity contribution in [2.75, 3.05) is 7.11 Å². The van der Waals surface area contributed by atoms with Crippen molar-refractivity contribution in [2.45, 2.75) is 0 Å². The van der Waals surface area contributed by atoms with Gasteiger partial charge in [0.2, 0.25) is 0 Å². The third kappa shape index (κ3) is 1.26. The Balaban J connectivity index is 2.87. The van der Waals surface area contributed by atoms with Gasteiger partial charge in [0.25, 0.3) is 0 Å². The van der Waals surface area contributed by atoms with Gasteiger partial charge in [0, 0.05) is 12.1 Å². The van der Waals surface area contributed by atoms with Gasteiger partial charge < -0.3 is 14.7 Å². The van der Waals surface area contributed by atoms with E-state index in [1.165, 1.54) is 0 Å². The normalized spacial score (nSPS) is 10.0. The molecule has 1 aromatic carbocycles. The summed E-state index contributed by atoms with van der Waals surface area (Å²) in [6.45, 7) is 0. The van der Waals surface area contributed by atoms with Crippen molar-refractivity contribution < 1.29 is 4.74 Å². The van der Waals surface area contributed by atoms with Crippen LogP contribution in [0.15, 0.2) is 12.1 Å². The van der Waals surface area contributed by atoms with Gasteiger partial charge >= 0.3 is 0 Å². The van der Waals surface area contributed by atoms with Crippen molar-refractivity contribution in [3.05, 3.63) is 22.5 Å². The second-order valence-electron chi connectivity index (χ2n) is 2.79. The third-order valence-corrected chi connectivity index (χ3v) is 2.16. The molecule has 0 bridgehead atoms. The highest BCUT2D eigenvalue weighted by atomic mass is 32.1. The molecule has 1 heterocycles. The Morgan fingerprint density at radius 2 is 2.21 bits per heavy atom. The van der Waals surface area contributed by atoms with E-state index in [1.807, 2.05) is 0 Å². The molecule has 0 saturated heterocycles. The molecule has 1 aromatic heterocycles. The van der Waals surface area contributed by atoms with Crippen molar-refractivity contribution in [3.63, 3.8) is 0 Å². The maximum atomic E-state index is 8.89. The first kappa shape index (κ1) is 8.78. The number of ether oxygens (including phenoxy) is 1. The van der Waals surface area contributed by atoms with Gasteiger partial charge in [-0.3, -0.25) is 0 Å². The zero-order valence-electron chi connectivity index (χ0n) is 7.42. The predicted molar refractivity (Wildman–Crippen MR) is 54.8 cm³/mol. The van der Waals surface area contributed by atoms with Gasteiger partial charge in [-0.2, -0.15) is 5.26 Å². The Morgan fingerprint density at radius 3 is 2.86 bits per heavy atom. The maximum Gasteiger partial charge on any atom is 0.175 e. The molecular formula is C9H7N3OS. The predicted octanol–water partition coefficient (Wildman–Crippen LogP) is 2.11. The van der Waals surface area contributed by atoms with Crippen LogP contribution in [0.4, 0.5) is 0 Å². The summed E-state index contributed by atoms with van der Waals surface area (Å²) in [5, 5.41) is 8.89. The number of methoxy groups -OCH3 is 1. The van der Waals surface area contributed by atoms with Crippen molar-refractivity contribution in [2.24, 2.45) is 0 Å². The number of aromatic amines is 2. The standard InChI is InChI=1S/C9H7N3OS/c1-13-6-2-5(4-10)8-7(3-6)11-9(14)12-8/h2-3H,1H3,(H2,11,12,14). The van der Waals surface area contributed by atoms with E-state index in [9.17, 15) is 0 Å². The fourth-order valence-corrected chi connectivity index (χ4v) is 1.53. The lowest BCUT2D eigenvalue weighted by atomic mass is 10.2. The summed E-state index contributed by atoms with van der Waals surface area (Å²) in [5.74, 6) is 0.638. The van der Waals surface area contributed by atoms with Crippen molar-refractivity contribution in [1.82, 2.24) is 9.97 Å². The van der Waals surface area contributed by atoms with Crippen LogP contribution in [0.3, 0.4) is 0 Å². The Kier molecular flexibility index (Phi) is 1.98. The number of hydrogen-bond acceptors (Lipinski definition) is 3. The number of imidazole rings is 1. The summed E-state index contributed by atoms with van der Waals surface area (Å²) < 4.78 is 5.56. The van der Waals surface area contributed by atoms with Gasteiger partial charge in [0.1, 0.15) is 11.8 Å². The second kappa shape index (κ2) is 3.16. The molecule has 2 N–H and O–H groups in total. The average molecular weight is 205 g/mol. The van der Waals surface area contributed by atoms with E-state index < -0.39 is 0 Å². The molecule has 0 radical (unpaired) electrons. The molecule has 0 saturated carbocycles. The number of aromatic nitrogens is 2. The molecule has 0 aliphatic rings. The number of fused-ring (bicyclic) bond motifs is 1. The minimum atomic E-state index is 0.504. The summed E-state index contributed by atoms with van der Waals surface area (Å²) in [6, 6.07) is 5.54. The monoisotopic (exact) mass is 205 g/mol. The Hall–Kier alpha value is -1.80. The Labute approximate surface area is 85.1 Å². The van der Waals surface area contributed by atoms with Gasteiger partial charge in [-0.1, -0.05) is 0 Å². The van der Waals surface area contributed by atoms with Gasteiger partial charge in [-0.25, -0.2) is 0 Å². The molecule has 0 aliphatic heterocycles. The molecule has 2 rings (SSSR count). The van der Waals surface area contributed by atoms with Crippen LogP contribution in [-0.4, -0.2) is 17.1 Å². The first-order chi connectivity index (χ1) is 6.74. The number of nitrogens with one attached hydrogen (secondary N) is 2. The van der Waals surface area contributed by atoms with E-state index in [1.54, 1.807) is 19.2 Å². The fraction of sp³-hybridized carbons (Fsp3) is 0.111. The lowest BCUT2D eigenvalue weighted by molar-refractivity contribution is 0.415. The van der Waals surface area contributed by atoms with Crippen molar-refractivity contribution in [3.8, 4) is 11.8 Å². The maximum absolute atomic E-state index is 8.89. The van der Waals surface area contributed by atoms with Crippen LogP contribution in [0, 0.1) is 16.1 Å². The van der Waals surface area contributed by atoms with Gasteiger partial charge in [0.15, 0.2) is 4.77 Å². The first-order valence-electron chi connectivity index (χ1n) is 3.94. The SMILES string of the molecule is COc1cc(C#N)c2[nH]c(=S)[nH]c2c1. The molecule has 5 heteroatoms. The highest BCUT2D eigenvalue weighted by molar-refractivity contribution is 7.71. The summed E-state index contributed by atoms with van der Waals surface area (Å²) in [4.78, 5) is 5.85. The number of rotatable bonds is 1. The molecule has 0 unspecified atom stereocenters. The van der Waals surface area contributed by atoms with Crippen LogP contribution in [0.25, 0.3) is 11.0 Å². The number of nitriles is 1. The summed E-state index contributed by atoms with van der Waals surface area (Å²) >= 11 is 4.94. The number of benzene rings is 1. The minimum absolute atomic E-state index is 0.504. The molecule has 14 heavy (non-hydrogen) atoms. The van der Waals surface area contributed by atoms with Gasteiger partial charge in [-0.05, 0) is 12.2 Å². The fourth-order valence-electron chi connectivity index (χ4n) is 1.32. The smallest absolute Gasteiger partial charge is 0.175 e. The molecule has 0 spiro atoms. The average Bonchev–Trinajstić information content (AvgIpc) is 2.56. The van der Waals surface area contributed by atoms with E-state index in [2.05, 4.69) is 16.0 Å². The largest absolute Gasteiger partial charge is 0.497 e. The zero-order valence-corrected chi connectivity index (χ0v) is 8.23. The zero-order chi connectivity index (χ0) is 10.1. The van der Waals surface area contributed by atoms with E-state index in [0.717, 1.165) is 11.0 Å². The van der Waals surface area contributed by atoms with Crippen LogP contribution in [0.5, 0.6) is 5.75 Å². The van der Waals surface area contributed by atoms with E-state index in [4.69, 9.17) is 22.2 Å². The first-order valence-corrected chi connectivity index (χ1v) is 4.35. The minimum Gasteiger partial charge on any atom is -0.497 e. The van der Waals surface area contributed by atoms with Crippen LogP contribution in [-0.2, 0) is 0 Å². The quantitative estimate of drug-likeness (QED) is 0.701. The molecule has 4 nitrogen and oxygen atoms in total. The molecule has 0 atom stereocenters. The highest BCUT2D eigenvalue weighted by Gasteiger charge is 2.05. The highest BCUT2D eigenvalue weighted by Crippen LogP contribution is 2.22. The molecule has 0 amide bonds. The van der Waals surface area contributed by atoms with Crippen molar-refractivity contribution >= 4 is 23.3 Å². The van der Waals surface area contributed by atoms with E-state index >= 15 is 0 Å². The van der Waals surface area contributed by atoms with E-state index in [-0.39, 0.29) is 0 Å². The summed E-state index contributed by atoms with van der Waals surface area (Å²) in [7, 11) is 1.56. The molecule has 70 valence electrons. The number of nitrogens with zero attached hydrogens (tertiary/aromatic N) is 1. The number of H-pyrrole nitrogens is 2. The Morgan fingerprint density at radius 1 is 1.43 bits per heavy atom. The third-order valence-electron chi connectivity index (χ3n) is 1.95. The molecule has 0 fully saturated rings. The van der Waals surface area contributed by atoms with Crippen LogP contribution < -0.4 is 4.74 Å². The second-order valence-corrected chi connectivity index (χ2v) is 3.20. The van der Waals surface area contributed by atoms with Gasteiger partial charge in [-0.15, -0.1) is 0 Å². The topological polar surface area (TPSA) is 64.6 Å². The molecule has 2 aromatic rings. The molecule has 0 aliphatic carbocycles. The van der Waals surface area contributed by atoms with Crippen molar-refractivity contribution in [1.29, 1.82) is 5.26 Å². The molecular weight excluding hydrogens is 198 g/mol. The lowest BCUT2D eigenvalue weighted by Crippen LogP contribution is -1.85. The summed E-state index contributed by atoms with van der Waals surface area (Å²) in [6.07, 6.45) is 0.